The maximum absolute atomic E-state index is 13.0. The van der Waals surface area contributed by atoms with Crippen molar-refractivity contribution < 1.29 is 22.7 Å². The molecular weight excluding hydrogens is 209 g/mol. The molecule has 0 spiro atoms. The molecule has 1 rings (SSSR count). The summed E-state index contributed by atoms with van der Waals surface area (Å²) in [5.41, 5.74) is 0. The van der Waals surface area contributed by atoms with Gasteiger partial charge in [-0.15, -0.1) is 0 Å². The van der Waals surface area contributed by atoms with Gasteiger partial charge in [0, 0.05) is 6.42 Å². The Labute approximate surface area is 84.7 Å². The average molecular weight is 218 g/mol. The van der Waals surface area contributed by atoms with E-state index in [9.17, 15) is 18.0 Å². The van der Waals surface area contributed by atoms with Gasteiger partial charge >= 0.3 is 5.97 Å². The largest absolute Gasteiger partial charge is 0.423 e. The fourth-order valence-corrected chi connectivity index (χ4v) is 0.965. The van der Waals surface area contributed by atoms with Crippen LogP contribution in [0, 0.1) is 17.5 Å². The third kappa shape index (κ3) is 2.71. The fraction of sp³-hybridized carbons (Fsp3) is 0.300. The van der Waals surface area contributed by atoms with Crippen LogP contribution in [0.1, 0.15) is 19.8 Å². The summed E-state index contributed by atoms with van der Waals surface area (Å²) in [5.74, 6) is -5.71. The minimum Gasteiger partial charge on any atom is -0.423 e. The number of ether oxygens (including phenoxy) is 1. The number of carbonyl (C=O) groups is 1. The molecule has 0 atom stereocenters. The third-order valence-electron chi connectivity index (χ3n) is 1.68. The second-order valence-corrected chi connectivity index (χ2v) is 2.90. The summed E-state index contributed by atoms with van der Waals surface area (Å²) in [7, 11) is 0. The lowest BCUT2D eigenvalue weighted by Gasteiger charge is -2.05. The molecule has 0 radical (unpaired) electrons. The van der Waals surface area contributed by atoms with E-state index < -0.39 is 29.2 Å². The van der Waals surface area contributed by atoms with E-state index in [1.807, 2.05) is 0 Å². The monoisotopic (exact) mass is 218 g/mol. The zero-order chi connectivity index (χ0) is 11.4. The molecule has 0 heterocycles. The van der Waals surface area contributed by atoms with Crippen LogP contribution in [-0.2, 0) is 4.79 Å². The summed E-state index contributed by atoms with van der Waals surface area (Å²) in [5, 5.41) is 0. The van der Waals surface area contributed by atoms with Gasteiger partial charge in [-0.2, -0.15) is 4.39 Å². The van der Waals surface area contributed by atoms with Crippen LogP contribution in [-0.4, -0.2) is 5.97 Å². The van der Waals surface area contributed by atoms with E-state index in [0.717, 1.165) is 6.07 Å². The lowest BCUT2D eigenvalue weighted by molar-refractivity contribution is -0.134. The molecule has 82 valence electrons. The SMILES string of the molecule is CCCC(=O)Oc1ccc(F)c(F)c1F. The Morgan fingerprint density at radius 1 is 1.27 bits per heavy atom. The molecule has 0 aromatic heterocycles. The fourth-order valence-electron chi connectivity index (χ4n) is 0.965. The van der Waals surface area contributed by atoms with Crippen molar-refractivity contribution in [2.24, 2.45) is 0 Å². The Bertz CT molecular complexity index is 377. The number of hydrogen-bond donors (Lipinski definition) is 0. The minimum atomic E-state index is -1.64. The number of carbonyl (C=O) groups excluding carboxylic acids is 1. The first-order valence-corrected chi connectivity index (χ1v) is 4.40. The van der Waals surface area contributed by atoms with Crippen molar-refractivity contribution in [3.05, 3.63) is 29.6 Å². The van der Waals surface area contributed by atoms with Gasteiger partial charge in [0.15, 0.2) is 17.4 Å². The summed E-state index contributed by atoms with van der Waals surface area (Å²) in [6, 6.07) is 1.58. The van der Waals surface area contributed by atoms with Crippen molar-refractivity contribution >= 4 is 5.97 Å². The summed E-state index contributed by atoms with van der Waals surface area (Å²) in [6.07, 6.45) is 0.628. The first-order valence-electron chi connectivity index (χ1n) is 4.40. The van der Waals surface area contributed by atoms with Crippen molar-refractivity contribution in [3.8, 4) is 5.75 Å². The van der Waals surface area contributed by atoms with Gasteiger partial charge in [-0.05, 0) is 18.6 Å². The van der Waals surface area contributed by atoms with Crippen LogP contribution in [0.2, 0.25) is 0 Å². The van der Waals surface area contributed by atoms with Crippen LogP contribution >= 0.6 is 0 Å². The number of benzene rings is 1. The van der Waals surface area contributed by atoms with Crippen molar-refractivity contribution in [2.45, 2.75) is 19.8 Å². The number of esters is 1. The molecule has 0 amide bonds. The first-order chi connectivity index (χ1) is 7.06. The molecule has 0 aliphatic heterocycles. The molecule has 0 saturated heterocycles. The molecule has 2 nitrogen and oxygen atoms in total. The van der Waals surface area contributed by atoms with Gasteiger partial charge in [0.05, 0.1) is 0 Å². The highest BCUT2D eigenvalue weighted by Crippen LogP contribution is 2.22. The van der Waals surface area contributed by atoms with Gasteiger partial charge in [0.25, 0.3) is 0 Å². The van der Waals surface area contributed by atoms with E-state index in [1.54, 1.807) is 6.92 Å². The van der Waals surface area contributed by atoms with Crippen LogP contribution in [0.3, 0.4) is 0 Å². The molecule has 1 aromatic carbocycles. The highest BCUT2D eigenvalue weighted by atomic mass is 19.2. The Hall–Kier alpha value is -1.52. The number of hydrogen-bond acceptors (Lipinski definition) is 2. The predicted octanol–water partition coefficient (Wildman–Crippen LogP) is 2.81. The van der Waals surface area contributed by atoms with Crippen molar-refractivity contribution in [1.29, 1.82) is 0 Å². The quantitative estimate of drug-likeness (QED) is 0.443. The zero-order valence-corrected chi connectivity index (χ0v) is 8.02. The molecule has 0 aliphatic rings. The molecule has 0 fully saturated rings. The molecule has 0 unspecified atom stereocenters. The Kier molecular flexibility index (Phi) is 3.71. The molecule has 0 N–H and O–H groups in total. The lowest BCUT2D eigenvalue weighted by atomic mass is 10.3. The Morgan fingerprint density at radius 3 is 2.53 bits per heavy atom. The highest BCUT2D eigenvalue weighted by molar-refractivity contribution is 5.72. The normalized spacial score (nSPS) is 10.1. The third-order valence-corrected chi connectivity index (χ3v) is 1.68. The molecule has 1 aromatic rings. The summed E-state index contributed by atoms with van der Waals surface area (Å²) >= 11 is 0. The number of rotatable bonds is 3. The topological polar surface area (TPSA) is 26.3 Å². The molecular formula is C10H9F3O2. The van der Waals surface area contributed by atoms with Gasteiger partial charge in [-0.25, -0.2) is 8.78 Å². The lowest BCUT2D eigenvalue weighted by Crippen LogP contribution is -2.09. The van der Waals surface area contributed by atoms with Crippen LogP contribution in [0.4, 0.5) is 13.2 Å². The minimum absolute atomic E-state index is 0.0957. The van der Waals surface area contributed by atoms with Crippen LogP contribution in [0.15, 0.2) is 12.1 Å². The van der Waals surface area contributed by atoms with Gasteiger partial charge in [0.1, 0.15) is 0 Å². The van der Waals surface area contributed by atoms with Gasteiger partial charge in [0.2, 0.25) is 5.82 Å². The van der Waals surface area contributed by atoms with E-state index in [4.69, 9.17) is 0 Å². The Morgan fingerprint density at radius 2 is 1.93 bits per heavy atom. The predicted molar refractivity (Wildman–Crippen MR) is 46.9 cm³/mol. The molecule has 0 aliphatic carbocycles. The van der Waals surface area contributed by atoms with Crippen LogP contribution in [0.25, 0.3) is 0 Å². The molecule has 15 heavy (non-hydrogen) atoms. The van der Waals surface area contributed by atoms with E-state index in [-0.39, 0.29) is 6.42 Å². The smallest absolute Gasteiger partial charge is 0.311 e. The van der Waals surface area contributed by atoms with E-state index in [0.29, 0.717) is 12.5 Å². The van der Waals surface area contributed by atoms with Gasteiger partial charge in [-0.3, -0.25) is 4.79 Å². The average Bonchev–Trinajstić information content (AvgIpc) is 2.20. The number of halogens is 3. The van der Waals surface area contributed by atoms with E-state index >= 15 is 0 Å². The molecule has 0 bridgehead atoms. The second-order valence-electron chi connectivity index (χ2n) is 2.90. The summed E-state index contributed by atoms with van der Waals surface area (Å²) in [4.78, 5) is 11.0. The molecule has 0 saturated carbocycles. The second kappa shape index (κ2) is 4.82. The van der Waals surface area contributed by atoms with Gasteiger partial charge in [-0.1, -0.05) is 6.92 Å². The first kappa shape index (κ1) is 11.6. The van der Waals surface area contributed by atoms with Gasteiger partial charge < -0.3 is 4.74 Å². The summed E-state index contributed by atoms with van der Waals surface area (Å²) < 4.78 is 42.6. The van der Waals surface area contributed by atoms with Crippen molar-refractivity contribution in [2.75, 3.05) is 0 Å². The van der Waals surface area contributed by atoms with E-state index in [2.05, 4.69) is 4.74 Å². The van der Waals surface area contributed by atoms with Crippen molar-refractivity contribution in [1.82, 2.24) is 0 Å². The Balaban J connectivity index is 2.87. The zero-order valence-electron chi connectivity index (χ0n) is 8.02. The maximum Gasteiger partial charge on any atom is 0.311 e. The standard InChI is InChI=1S/C10H9F3O2/c1-2-3-8(14)15-7-5-4-6(11)9(12)10(7)13/h4-5H,2-3H2,1H3. The summed E-state index contributed by atoms with van der Waals surface area (Å²) in [6.45, 7) is 1.74. The van der Waals surface area contributed by atoms with Crippen molar-refractivity contribution in [3.63, 3.8) is 0 Å². The van der Waals surface area contributed by atoms with E-state index in [1.165, 1.54) is 0 Å². The highest BCUT2D eigenvalue weighted by Gasteiger charge is 2.16. The molecule has 5 heteroatoms. The van der Waals surface area contributed by atoms with Crippen LogP contribution in [0.5, 0.6) is 5.75 Å². The maximum atomic E-state index is 13.0. The van der Waals surface area contributed by atoms with Crippen LogP contribution < -0.4 is 4.74 Å².